The normalized spacial score (nSPS) is 13.6. The first-order valence-electron chi connectivity index (χ1n) is 9.60. The highest BCUT2D eigenvalue weighted by Gasteiger charge is 2.23. The maximum Gasteiger partial charge on any atom is 0.157 e. The fourth-order valence-corrected chi connectivity index (χ4v) is 3.11. The van der Waals surface area contributed by atoms with E-state index in [1.165, 1.54) is 12.8 Å². The summed E-state index contributed by atoms with van der Waals surface area (Å²) < 4.78 is 12.1. The molecule has 5 heteroatoms. The molecule has 4 aromatic rings. The number of hydrogen-bond donors (Lipinski definition) is 1. The summed E-state index contributed by atoms with van der Waals surface area (Å²) in [5, 5.41) is 0. The van der Waals surface area contributed by atoms with Gasteiger partial charge in [-0.3, -0.25) is 0 Å². The van der Waals surface area contributed by atoms with Gasteiger partial charge in [-0.1, -0.05) is 30.3 Å². The summed E-state index contributed by atoms with van der Waals surface area (Å²) in [7, 11) is 0. The van der Waals surface area contributed by atoms with Crippen molar-refractivity contribution in [3.63, 3.8) is 0 Å². The smallest absolute Gasteiger partial charge is 0.157 e. The number of H-pyrrole nitrogens is 1. The molecule has 1 aliphatic rings. The number of fused-ring (bicyclic) bond motifs is 1. The Bertz CT molecular complexity index is 1050. The Labute approximate surface area is 163 Å². The van der Waals surface area contributed by atoms with Crippen LogP contribution in [0, 0.1) is 5.92 Å². The van der Waals surface area contributed by atoms with E-state index in [9.17, 15) is 0 Å². The number of ether oxygens (including phenoxy) is 2. The molecule has 0 unspecified atom stereocenters. The average Bonchev–Trinajstić information content (AvgIpc) is 3.48. The van der Waals surface area contributed by atoms with Crippen LogP contribution >= 0.6 is 0 Å². The molecule has 0 saturated heterocycles. The maximum atomic E-state index is 6.09. The summed E-state index contributed by atoms with van der Waals surface area (Å²) in [6, 6.07) is 19.9. The van der Waals surface area contributed by atoms with E-state index in [4.69, 9.17) is 14.5 Å². The molecule has 1 aliphatic carbocycles. The van der Waals surface area contributed by atoms with Gasteiger partial charge in [0.2, 0.25) is 0 Å². The van der Waals surface area contributed by atoms with Gasteiger partial charge in [0, 0.05) is 6.20 Å². The lowest BCUT2D eigenvalue weighted by molar-refractivity contribution is 0.295. The molecule has 0 aliphatic heterocycles. The molecule has 0 radical (unpaired) electrons. The van der Waals surface area contributed by atoms with Crippen molar-refractivity contribution in [3.8, 4) is 22.9 Å². The molecule has 2 aromatic carbocycles. The van der Waals surface area contributed by atoms with Crippen molar-refractivity contribution in [2.24, 2.45) is 5.92 Å². The summed E-state index contributed by atoms with van der Waals surface area (Å²) in [6.07, 6.45) is 4.26. The molecule has 0 bridgehead atoms. The Morgan fingerprint density at radius 2 is 1.86 bits per heavy atom. The van der Waals surface area contributed by atoms with Crippen molar-refractivity contribution >= 4 is 11.2 Å². The second kappa shape index (κ2) is 7.35. The monoisotopic (exact) mass is 371 g/mol. The van der Waals surface area contributed by atoms with Crippen LogP contribution in [-0.2, 0) is 6.61 Å². The number of pyridine rings is 1. The summed E-state index contributed by atoms with van der Waals surface area (Å²) in [5.41, 5.74) is 3.62. The minimum Gasteiger partial charge on any atom is -0.493 e. The van der Waals surface area contributed by atoms with Gasteiger partial charge >= 0.3 is 0 Å². The average molecular weight is 371 g/mol. The molecule has 1 N–H and O–H groups in total. The third-order valence-electron chi connectivity index (χ3n) is 4.88. The molecule has 1 saturated carbocycles. The number of hydrogen-bond acceptors (Lipinski definition) is 4. The van der Waals surface area contributed by atoms with Gasteiger partial charge in [0.05, 0.1) is 12.2 Å². The van der Waals surface area contributed by atoms with Crippen molar-refractivity contribution in [3.05, 3.63) is 72.4 Å². The number of aromatic nitrogens is 3. The van der Waals surface area contributed by atoms with Gasteiger partial charge in [0.1, 0.15) is 29.4 Å². The Hall–Kier alpha value is -3.34. The van der Waals surface area contributed by atoms with Crippen LogP contribution in [0.3, 0.4) is 0 Å². The van der Waals surface area contributed by atoms with Crippen molar-refractivity contribution < 1.29 is 9.47 Å². The van der Waals surface area contributed by atoms with Gasteiger partial charge in [0.15, 0.2) is 5.65 Å². The third kappa shape index (κ3) is 3.69. The number of aromatic amines is 1. The highest BCUT2D eigenvalue weighted by molar-refractivity contribution is 5.78. The van der Waals surface area contributed by atoms with Crippen LogP contribution in [0.1, 0.15) is 18.4 Å². The first-order valence-corrected chi connectivity index (χ1v) is 9.60. The first-order chi connectivity index (χ1) is 13.8. The first kappa shape index (κ1) is 16.8. The molecule has 0 spiro atoms. The van der Waals surface area contributed by atoms with E-state index in [-0.39, 0.29) is 0 Å². The lowest BCUT2D eigenvalue weighted by Crippen LogP contribution is -2.02. The number of imidazole rings is 1. The predicted octanol–water partition coefficient (Wildman–Crippen LogP) is 4.99. The molecule has 28 heavy (non-hydrogen) atoms. The molecular weight excluding hydrogens is 350 g/mol. The Morgan fingerprint density at radius 1 is 0.964 bits per heavy atom. The highest BCUT2D eigenvalue weighted by atomic mass is 16.5. The maximum absolute atomic E-state index is 6.09. The molecular formula is C23H21N3O2. The predicted molar refractivity (Wildman–Crippen MR) is 108 cm³/mol. The van der Waals surface area contributed by atoms with E-state index >= 15 is 0 Å². The number of nitrogens with zero attached hydrogens (tertiary/aromatic N) is 2. The van der Waals surface area contributed by atoms with Crippen LogP contribution < -0.4 is 9.47 Å². The zero-order valence-corrected chi connectivity index (χ0v) is 15.5. The quantitative estimate of drug-likeness (QED) is 0.497. The summed E-state index contributed by atoms with van der Waals surface area (Å²) in [4.78, 5) is 12.3. The third-order valence-corrected chi connectivity index (χ3v) is 4.88. The minimum absolute atomic E-state index is 0.518. The lowest BCUT2D eigenvalue weighted by Gasteiger charge is -2.13. The fourth-order valence-electron chi connectivity index (χ4n) is 3.11. The van der Waals surface area contributed by atoms with Gasteiger partial charge in [-0.25, -0.2) is 9.97 Å². The molecule has 140 valence electrons. The number of nitrogens with one attached hydrogen (secondary N) is 1. The van der Waals surface area contributed by atoms with Crippen LogP contribution in [0.4, 0.5) is 0 Å². The van der Waals surface area contributed by atoms with Gasteiger partial charge in [-0.15, -0.1) is 0 Å². The minimum atomic E-state index is 0.518. The Morgan fingerprint density at radius 3 is 2.68 bits per heavy atom. The van der Waals surface area contributed by atoms with Crippen LogP contribution in [0.2, 0.25) is 0 Å². The van der Waals surface area contributed by atoms with Crippen molar-refractivity contribution in [2.75, 3.05) is 6.61 Å². The van der Waals surface area contributed by atoms with Crippen molar-refractivity contribution in [2.45, 2.75) is 19.4 Å². The van der Waals surface area contributed by atoms with Crippen molar-refractivity contribution in [1.29, 1.82) is 0 Å². The van der Waals surface area contributed by atoms with Crippen LogP contribution in [0.15, 0.2) is 66.9 Å². The molecule has 2 aromatic heterocycles. The molecule has 5 nitrogen and oxygen atoms in total. The topological polar surface area (TPSA) is 60.0 Å². The zero-order valence-electron chi connectivity index (χ0n) is 15.5. The molecule has 5 rings (SSSR count). The molecule has 0 amide bonds. The van der Waals surface area contributed by atoms with E-state index in [0.717, 1.165) is 46.2 Å². The Balaban J connectivity index is 1.45. The second-order valence-corrected chi connectivity index (χ2v) is 7.14. The lowest BCUT2D eigenvalue weighted by atomic mass is 10.1. The van der Waals surface area contributed by atoms with E-state index < -0.39 is 0 Å². The van der Waals surface area contributed by atoms with Gasteiger partial charge in [0.25, 0.3) is 0 Å². The highest BCUT2D eigenvalue weighted by Crippen LogP contribution is 2.35. The number of benzene rings is 2. The van der Waals surface area contributed by atoms with E-state index in [2.05, 4.69) is 22.1 Å². The molecule has 1 fully saturated rings. The Kier molecular flexibility index (Phi) is 4.41. The summed E-state index contributed by atoms with van der Waals surface area (Å²) in [5.74, 6) is 3.02. The van der Waals surface area contributed by atoms with Gasteiger partial charge < -0.3 is 14.5 Å². The number of rotatable bonds is 7. The van der Waals surface area contributed by atoms with Crippen molar-refractivity contribution in [1.82, 2.24) is 15.0 Å². The fraction of sp³-hybridized carbons (Fsp3) is 0.217. The standard InChI is InChI=1S/C23H21N3O2/c1-2-5-16(6-3-1)14-27-18-10-11-21(28-15-17-8-9-17)19(13-18)22-25-20-7-4-12-24-23(20)26-22/h1-7,10-13,17H,8-9,14-15H2,(H,24,25,26). The SMILES string of the molecule is c1ccc(COc2ccc(OCC3CC3)c(-c3nc4cccnc4[nH]3)c2)cc1. The largest absolute Gasteiger partial charge is 0.493 e. The van der Waals surface area contributed by atoms with Crippen LogP contribution in [0.5, 0.6) is 11.5 Å². The second-order valence-electron chi connectivity index (χ2n) is 7.14. The summed E-state index contributed by atoms with van der Waals surface area (Å²) >= 11 is 0. The van der Waals surface area contributed by atoms with E-state index in [0.29, 0.717) is 12.5 Å². The van der Waals surface area contributed by atoms with Crippen LogP contribution in [-0.4, -0.2) is 21.6 Å². The molecule has 2 heterocycles. The zero-order chi connectivity index (χ0) is 18.8. The van der Waals surface area contributed by atoms with E-state index in [1.54, 1.807) is 6.20 Å². The van der Waals surface area contributed by atoms with Crippen LogP contribution in [0.25, 0.3) is 22.6 Å². The molecule has 0 atom stereocenters. The van der Waals surface area contributed by atoms with Gasteiger partial charge in [-0.05, 0) is 54.7 Å². The summed E-state index contributed by atoms with van der Waals surface area (Å²) in [6.45, 7) is 1.26. The van der Waals surface area contributed by atoms with E-state index in [1.807, 2.05) is 48.5 Å². The van der Waals surface area contributed by atoms with Gasteiger partial charge in [-0.2, -0.15) is 0 Å².